The number of nitrogens with zero attached hydrogens (tertiary/aromatic N) is 1. The highest BCUT2D eigenvalue weighted by Crippen LogP contribution is 2.40. The van der Waals surface area contributed by atoms with Crippen LogP contribution in [0.2, 0.25) is 0 Å². The molecule has 1 aromatic carbocycles. The summed E-state index contributed by atoms with van der Waals surface area (Å²) in [4.78, 5) is 26.1. The third-order valence-electron chi connectivity index (χ3n) is 5.01. The third kappa shape index (κ3) is 6.12. The molecular formula is C20H26Cl3NO7S. The summed E-state index contributed by atoms with van der Waals surface area (Å²) in [6, 6.07) is 6.93. The van der Waals surface area contributed by atoms with Gasteiger partial charge in [-0.05, 0) is 45.4 Å². The maximum Gasteiger partial charge on any atom is 0.508 e. The van der Waals surface area contributed by atoms with Crippen LogP contribution in [-0.2, 0) is 30.7 Å². The Kier molecular flexibility index (Phi) is 8.24. The van der Waals surface area contributed by atoms with E-state index in [-0.39, 0.29) is 6.54 Å². The predicted octanol–water partition coefficient (Wildman–Crippen LogP) is 4.10. The Morgan fingerprint density at radius 3 is 2.19 bits per heavy atom. The standard InChI is InChI=1S/C20H26Cl3NO7S/c1-12(31-18(26)30-11-20(21,22)23)15-16(25)24(17(15)32(27,28)19(2,3)4)10-13-6-8-14(29-5)9-7-13/h6-9,12,15,17H,10-11H2,1-5H3/t12-,15?,17?/m1/s1. The van der Waals surface area contributed by atoms with E-state index >= 15 is 0 Å². The van der Waals surface area contributed by atoms with Crippen molar-refractivity contribution in [2.45, 2.75) is 54.3 Å². The molecule has 1 heterocycles. The smallest absolute Gasteiger partial charge is 0.497 e. The van der Waals surface area contributed by atoms with Crippen LogP contribution in [0.1, 0.15) is 33.3 Å². The number of hydrogen-bond acceptors (Lipinski definition) is 7. The molecular weight excluding hydrogens is 505 g/mol. The first-order valence-corrected chi connectivity index (χ1v) is 12.3. The Balaban J connectivity index is 2.24. The highest BCUT2D eigenvalue weighted by molar-refractivity contribution is 7.93. The molecule has 1 amide bonds. The molecule has 0 radical (unpaired) electrons. The number of rotatable bonds is 7. The van der Waals surface area contributed by atoms with E-state index in [1.807, 2.05) is 0 Å². The molecule has 1 aliphatic rings. The molecule has 0 saturated carbocycles. The highest BCUT2D eigenvalue weighted by atomic mass is 35.6. The summed E-state index contributed by atoms with van der Waals surface area (Å²) in [6.07, 6.45) is -2.25. The Morgan fingerprint density at radius 1 is 1.16 bits per heavy atom. The van der Waals surface area contributed by atoms with Crippen molar-refractivity contribution in [2.75, 3.05) is 13.7 Å². The van der Waals surface area contributed by atoms with Gasteiger partial charge in [0.1, 0.15) is 29.8 Å². The van der Waals surface area contributed by atoms with Crippen LogP contribution in [0, 0.1) is 5.92 Å². The van der Waals surface area contributed by atoms with Gasteiger partial charge in [-0.2, -0.15) is 0 Å². The van der Waals surface area contributed by atoms with Crippen molar-refractivity contribution >= 4 is 56.7 Å². The summed E-state index contributed by atoms with van der Waals surface area (Å²) in [5, 5.41) is -1.19. The molecule has 0 aromatic heterocycles. The first-order valence-electron chi connectivity index (χ1n) is 9.65. The van der Waals surface area contributed by atoms with Crippen LogP contribution in [-0.4, -0.2) is 59.1 Å². The molecule has 2 rings (SSSR count). The van der Waals surface area contributed by atoms with E-state index in [4.69, 9.17) is 49.0 Å². The van der Waals surface area contributed by atoms with E-state index in [0.29, 0.717) is 5.75 Å². The highest BCUT2D eigenvalue weighted by Gasteiger charge is 2.60. The minimum Gasteiger partial charge on any atom is -0.497 e. The quantitative estimate of drug-likeness (QED) is 0.297. The van der Waals surface area contributed by atoms with Crippen LogP contribution in [0.4, 0.5) is 4.79 Å². The second-order valence-corrected chi connectivity index (χ2v) is 13.7. The molecule has 1 saturated heterocycles. The molecule has 0 aliphatic carbocycles. The summed E-state index contributed by atoms with van der Waals surface area (Å²) in [7, 11) is -2.30. The van der Waals surface area contributed by atoms with Crippen LogP contribution in [0.5, 0.6) is 5.75 Å². The van der Waals surface area contributed by atoms with Crippen molar-refractivity contribution < 1.29 is 32.2 Å². The molecule has 2 unspecified atom stereocenters. The van der Waals surface area contributed by atoms with Gasteiger partial charge in [0.05, 0.1) is 11.9 Å². The maximum atomic E-state index is 13.3. The number of carbonyl (C=O) groups is 2. The number of sulfone groups is 1. The number of benzene rings is 1. The van der Waals surface area contributed by atoms with Crippen molar-refractivity contribution in [3.63, 3.8) is 0 Å². The monoisotopic (exact) mass is 529 g/mol. The van der Waals surface area contributed by atoms with E-state index in [2.05, 4.69) is 0 Å². The molecule has 180 valence electrons. The largest absolute Gasteiger partial charge is 0.508 e. The van der Waals surface area contributed by atoms with E-state index in [1.54, 1.807) is 45.0 Å². The fraction of sp³-hybridized carbons (Fsp3) is 0.600. The molecule has 12 heteroatoms. The average molecular weight is 531 g/mol. The number of methoxy groups -OCH3 is 1. The second kappa shape index (κ2) is 9.83. The lowest BCUT2D eigenvalue weighted by Gasteiger charge is -2.49. The van der Waals surface area contributed by atoms with Crippen molar-refractivity contribution in [3.8, 4) is 5.75 Å². The number of alkyl halides is 3. The van der Waals surface area contributed by atoms with Crippen molar-refractivity contribution in [1.82, 2.24) is 4.90 Å². The molecule has 0 N–H and O–H groups in total. The average Bonchev–Trinajstić information content (AvgIpc) is 2.67. The van der Waals surface area contributed by atoms with Gasteiger partial charge in [0.15, 0.2) is 9.84 Å². The summed E-state index contributed by atoms with van der Waals surface area (Å²) in [6.45, 7) is 5.59. The molecule has 32 heavy (non-hydrogen) atoms. The minimum absolute atomic E-state index is 0.0731. The van der Waals surface area contributed by atoms with Crippen LogP contribution in [0.3, 0.4) is 0 Å². The number of amides is 1. The van der Waals surface area contributed by atoms with Gasteiger partial charge in [0, 0.05) is 6.54 Å². The van der Waals surface area contributed by atoms with E-state index in [1.165, 1.54) is 18.9 Å². The van der Waals surface area contributed by atoms with Gasteiger partial charge in [0.2, 0.25) is 9.70 Å². The lowest BCUT2D eigenvalue weighted by molar-refractivity contribution is -0.159. The molecule has 0 spiro atoms. The van der Waals surface area contributed by atoms with Crippen LogP contribution in [0.15, 0.2) is 24.3 Å². The van der Waals surface area contributed by atoms with Gasteiger partial charge in [0.25, 0.3) is 0 Å². The van der Waals surface area contributed by atoms with E-state index in [9.17, 15) is 18.0 Å². The van der Waals surface area contributed by atoms with Crippen molar-refractivity contribution in [3.05, 3.63) is 29.8 Å². The number of carbonyl (C=O) groups excluding carboxylic acids is 2. The Bertz CT molecular complexity index is 939. The summed E-state index contributed by atoms with van der Waals surface area (Å²) in [5.74, 6) is -0.922. The van der Waals surface area contributed by atoms with E-state index in [0.717, 1.165) is 5.56 Å². The fourth-order valence-corrected chi connectivity index (χ4v) is 5.33. The number of likely N-dealkylation sites (tertiary alicyclic amines) is 1. The topological polar surface area (TPSA) is 99.2 Å². The Labute approximate surface area is 202 Å². The first kappa shape index (κ1) is 26.8. The Hall–Kier alpha value is -1.42. The van der Waals surface area contributed by atoms with Crippen LogP contribution >= 0.6 is 34.8 Å². The normalized spacial score (nSPS) is 20.4. The van der Waals surface area contributed by atoms with Crippen LogP contribution < -0.4 is 4.74 Å². The second-order valence-electron chi connectivity index (χ2n) is 8.36. The van der Waals surface area contributed by atoms with Crippen LogP contribution in [0.25, 0.3) is 0 Å². The molecule has 1 aromatic rings. The fourth-order valence-electron chi connectivity index (χ4n) is 3.20. The van der Waals surface area contributed by atoms with Crippen molar-refractivity contribution in [2.24, 2.45) is 5.92 Å². The zero-order valence-electron chi connectivity index (χ0n) is 18.3. The minimum atomic E-state index is -3.84. The van der Waals surface area contributed by atoms with Gasteiger partial charge < -0.3 is 19.1 Å². The molecule has 3 atom stereocenters. The van der Waals surface area contributed by atoms with Gasteiger partial charge in [-0.15, -0.1) is 0 Å². The molecule has 0 bridgehead atoms. The van der Waals surface area contributed by atoms with Gasteiger partial charge in [-0.1, -0.05) is 46.9 Å². The number of β-lactam (4-membered cyclic amide) rings is 1. The number of hydrogen-bond donors (Lipinski definition) is 0. The summed E-state index contributed by atoms with van der Waals surface area (Å²) in [5.41, 5.74) is 0.724. The SMILES string of the molecule is COc1ccc(CN2C(=O)C([C@@H](C)OC(=O)OCC(Cl)(Cl)Cl)C2S(=O)(=O)C(C)(C)C)cc1. The third-order valence-corrected chi connectivity index (χ3v) is 8.23. The van der Waals surface area contributed by atoms with Crippen molar-refractivity contribution in [1.29, 1.82) is 0 Å². The lowest BCUT2D eigenvalue weighted by Crippen LogP contribution is -2.69. The zero-order chi connectivity index (χ0) is 24.5. The van der Waals surface area contributed by atoms with Gasteiger partial charge in [-0.25, -0.2) is 13.2 Å². The van der Waals surface area contributed by atoms with Gasteiger partial charge >= 0.3 is 6.16 Å². The molecule has 8 nitrogen and oxygen atoms in total. The molecule has 1 aliphatic heterocycles. The zero-order valence-corrected chi connectivity index (χ0v) is 21.4. The van der Waals surface area contributed by atoms with Gasteiger partial charge in [-0.3, -0.25) is 4.79 Å². The lowest BCUT2D eigenvalue weighted by atomic mass is 9.92. The Morgan fingerprint density at radius 2 is 1.72 bits per heavy atom. The molecule has 1 fully saturated rings. The number of halogens is 3. The predicted molar refractivity (Wildman–Crippen MR) is 122 cm³/mol. The summed E-state index contributed by atoms with van der Waals surface area (Å²) >= 11 is 16.6. The first-order chi connectivity index (χ1) is 14.6. The maximum absolute atomic E-state index is 13.3. The van der Waals surface area contributed by atoms with E-state index < -0.39 is 54.4 Å². The summed E-state index contributed by atoms with van der Waals surface area (Å²) < 4.78 is 38.6. The number of ether oxygens (including phenoxy) is 3.